The fourth-order valence-corrected chi connectivity index (χ4v) is 4.56. The molecule has 2 heterocycles. The summed E-state index contributed by atoms with van der Waals surface area (Å²) in [7, 11) is -3.05. The average Bonchev–Trinajstić information content (AvgIpc) is 2.98. The molecule has 2 aromatic rings. The Hall–Kier alpha value is -1.67. The number of halogens is 1. The van der Waals surface area contributed by atoms with Gasteiger partial charge in [0.1, 0.15) is 0 Å². The van der Waals surface area contributed by atoms with E-state index in [9.17, 15) is 8.42 Å². The van der Waals surface area contributed by atoms with E-state index in [1.165, 1.54) is 4.68 Å². The van der Waals surface area contributed by atoms with Crippen LogP contribution in [0.25, 0.3) is 11.4 Å². The Bertz CT molecular complexity index is 774. The van der Waals surface area contributed by atoms with Gasteiger partial charge in [-0.15, -0.1) is 5.10 Å². The molecule has 3 rings (SSSR count). The first kappa shape index (κ1) is 14.3. The van der Waals surface area contributed by atoms with Crippen molar-refractivity contribution in [2.75, 3.05) is 11.5 Å². The SMILES string of the molecule is Nc1ccc(-c2nnnn2CC2CCCS2(=O)=O)c(Cl)c1. The van der Waals surface area contributed by atoms with E-state index in [1.54, 1.807) is 18.2 Å². The Morgan fingerprint density at radius 3 is 2.90 bits per heavy atom. The summed E-state index contributed by atoms with van der Waals surface area (Å²) in [5.74, 6) is 0.680. The Morgan fingerprint density at radius 2 is 2.24 bits per heavy atom. The van der Waals surface area contributed by atoms with E-state index < -0.39 is 15.1 Å². The van der Waals surface area contributed by atoms with E-state index in [-0.39, 0.29) is 12.3 Å². The van der Waals surface area contributed by atoms with Crippen LogP contribution in [-0.4, -0.2) is 39.6 Å². The Labute approximate surface area is 127 Å². The van der Waals surface area contributed by atoms with Gasteiger partial charge in [0.25, 0.3) is 0 Å². The lowest BCUT2D eigenvalue weighted by molar-refractivity contribution is 0.534. The van der Waals surface area contributed by atoms with Crippen molar-refractivity contribution < 1.29 is 8.42 Å². The van der Waals surface area contributed by atoms with Crippen molar-refractivity contribution in [3.63, 3.8) is 0 Å². The number of tetrazole rings is 1. The van der Waals surface area contributed by atoms with Crippen LogP contribution in [0.1, 0.15) is 12.8 Å². The second-order valence-electron chi connectivity index (χ2n) is 5.06. The zero-order valence-corrected chi connectivity index (χ0v) is 12.7. The summed E-state index contributed by atoms with van der Waals surface area (Å²) >= 11 is 6.16. The van der Waals surface area contributed by atoms with Crippen molar-refractivity contribution in [1.29, 1.82) is 0 Å². The van der Waals surface area contributed by atoms with Gasteiger partial charge in [0.15, 0.2) is 15.7 Å². The standard InChI is InChI=1S/C12H14ClN5O2S/c13-11-6-8(14)3-4-10(11)12-15-16-17-18(12)7-9-2-1-5-21(9,19)20/h3-4,6,9H,1-2,5,7,14H2. The fourth-order valence-electron chi connectivity index (χ4n) is 2.49. The van der Waals surface area contributed by atoms with Crippen LogP contribution in [0.5, 0.6) is 0 Å². The third kappa shape index (κ3) is 2.73. The second kappa shape index (κ2) is 5.27. The third-order valence-corrected chi connectivity index (χ3v) is 6.18. The molecular formula is C12H14ClN5O2S. The average molecular weight is 328 g/mol. The topological polar surface area (TPSA) is 104 Å². The first-order chi connectivity index (χ1) is 9.97. The molecule has 1 aliphatic heterocycles. The summed E-state index contributed by atoms with van der Waals surface area (Å²) in [5.41, 5.74) is 6.84. The molecule has 7 nitrogen and oxygen atoms in total. The van der Waals surface area contributed by atoms with Crippen LogP contribution in [0.4, 0.5) is 5.69 Å². The number of anilines is 1. The molecule has 0 spiro atoms. The first-order valence-electron chi connectivity index (χ1n) is 6.50. The molecule has 9 heteroatoms. The maximum atomic E-state index is 11.9. The molecule has 1 aromatic heterocycles. The summed E-state index contributed by atoms with van der Waals surface area (Å²) in [6.07, 6.45) is 1.32. The molecule has 1 saturated heterocycles. The van der Waals surface area contributed by atoms with Crippen LogP contribution in [0.3, 0.4) is 0 Å². The van der Waals surface area contributed by atoms with E-state index in [1.807, 2.05) is 0 Å². The molecule has 1 aliphatic rings. The van der Waals surface area contributed by atoms with Crippen LogP contribution in [-0.2, 0) is 16.4 Å². The number of rotatable bonds is 3. The molecular weight excluding hydrogens is 314 g/mol. The minimum absolute atomic E-state index is 0.234. The van der Waals surface area contributed by atoms with E-state index in [0.29, 0.717) is 34.9 Å². The van der Waals surface area contributed by atoms with Crippen LogP contribution in [0, 0.1) is 0 Å². The maximum Gasteiger partial charge on any atom is 0.183 e. The van der Waals surface area contributed by atoms with Gasteiger partial charge < -0.3 is 5.73 Å². The number of aromatic nitrogens is 4. The Morgan fingerprint density at radius 1 is 1.43 bits per heavy atom. The highest BCUT2D eigenvalue weighted by molar-refractivity contribution is 7.92. The van der Waals surface area contributed by atoms with Gasteiger partial charge in [0, 0.05) is 11.3 Å². The van der Waals surface area contributed by atoms with Gasteiger partial charge in [-0.25, -0.2) is 13.1 Å². The monoisotopic (exact) mass is 327 g/mol. The van der Waals surface area contributed by atoms with Crippen LogP contribution in [0.15, 0.2) is 18.2 Å². The molecule has 0 bridgehead atoms. The van der Waals surface area contributed by atoms with Gasteiger partial charge in [-0.1, -0.05) is 11.6 Å². The molecule has 1 unspecified atom stereocenters. The van der Waals surface area contributed by atoms with Crippen LogP contribution >= 0.6 is 11.6 Å². The van der Waals surface area contributed by atoms with Gasteiger partial charge in [-0.2, -0.15) is 0 Å². The first-order valence-corrected chi connectivity index (χ1v) is 8.60. The van der Waals surface area contributed by atoms with Crippen molar-refractivity contribution in [2.45, 2.75) is 24.6 Å². The van der Waals surface area contributed by atoms with Crippen molar-refractivity contribution in [1.82, 2.24) is 20.2 Å². The highest BCUT2D eigenvalue weighted by Gasteiger charge is 2.32. The van der Waals surface area contributed by atoms with Gasteiger partial charge in [0.2, 0.25) is 0 Å². The molecule has 0 amide bonds. The lowest BCUT2D eigenvalue weighted by Gasteiger charge is -2.11. The lowest BCUT2D eigenvalue weighted by Crippen LogP contribution is -2.23. The highest BCUT2D eigenvalue weighted by Crippen LogP contribution is 2.29. The lowest BCUT2D eigenvalue weighted by atomic mass is 10.2. The molecule has 1 atom stereocenters. The maximum absolute atomic E-state index is 11.9. The quantitative estimate of drug-likeness (QED) is 0.848. The van der Waals surface area contributed by atoms with E-state index in [4.69, 9.17) is 17.3 Å². The van der Waals surface area contributed by atoms with Crippen molar-refractivity contribution >= 4 is 27.1 Å². The normalized spacial score (nSPS) is 20.7. The third-order valence-electron chi connectivity index (χ3n) is 3.61. The van der Waals surface area contributed by atoms with Gasteiger partial charge >= 0.3 is 0 Å². The van der Waals surface area contributed by atoms with E-state index in [2.05, 4.69) is 15.5 Å². The molecule has 0 saturated carbocycles. The number of sulfone groups is 1. The second-order valence-corrected chi connectivity index (χ2v) is 7.86. The smallest absolute Gasteiger partial charge is 0.183 e. The molecule has 1 fully saturated rings. The molecule has 2 N–H and O–H groups in total. The molecule has 112 valence electrons. The highest BCUT2D eigenvalue weighted by atomic mass is 35.5. The molecule has 1 aromatic carbocycles. The van der Waals surface area contributed by atoms with E-state index >= 15 is 0 Å². The van der Waals surface area contributed by atoms with Gasteiger partial charge in [-0.3, -0.25) is 0 Å². The number of hydrogen-bond acceptors (Lipinski definition) is 6. The summed E-state index contributed by atoms with van der Waals surface area (Å²) in [5, 5.41) is 11.5. The molecule has 0 radical (unpaired) electrons. The Kier molecular flexibility index (Phi) is 3.58. The van der Waals surface area contributed by atoms with Crippen LogP contribution in [0.2, 0.25) is 5.02 Å². The van der Waals surface area contributed by atoms with Crippen molar-refractivity contribution in [3.8, 4) is 11.4 Å². The van der Waals surface area contributed by atoms with E-state index in [0.717, 1.165) is 0 Å². The summed E-state index contributed by atoms with van der Waals surface area (Å²) in [6.45, 7) is 0.241. The number of nitrogens with two attached hydrogens (primary N) is 1. The number of benzene rings is 1. The van der Waals surface area contributed by atoms with Crippen molar-refractivity contribution in [3.05, 3.63) is 23.2 Å². The number of hydrogen-bond donors (Lipinski definition) is 1. The predicted octanol–water partition coefficient (Wildman–Crippen LogP) is 1.15. The number of nitrogens with zero attached hydrogens (tertiary/aromatic N) is 4. The minimum atomic E-state index is -3.05. The zero-order chi connectivity index (χ0) is 15.0. The van der Waals surface area contributed by atoms with Crippen LogP contribution < -0.4 is 5.73 Å². The van der Waals surface area contributed by atoms with Gasteiger partial charge in [0.05, 0.1) is 22.6 Å². The Balaban J connectivity index is 1.94. The molecule has 0 aliphatic carbocycles. The predicted molar refractivity (Wildman–Crippen MR) is 79.5 cm³/mol. The summed E-state index contributed by atoms with van der Waals surface area (Å²) < 4.78 is 25.3. The van der Waals surface area contributed by atoms with Gasteiger partial charge in [-0.05, 0) is 41.5 Å². The summed E-state index contributed by atoms with van der Waals surface area (Å²) in [6, 6.07) is 5.04. The van der Waals surface area contributed by atoms with Crippen molar-refractivity contribution in [2.24, 2.45) is 0 Å². The zero-order valence-electron chi connectivity index (χ0n) is 11.1. The number of nitrogen functional groups attached to an aromatic ring is 1. The largest absolute Gasteiger partial charge is 0.399 e. The minimum Gasteiger partial charge on any atom is -0.399 e. The molecule has 21 heavy (non-hydrogen) atoms. The summed E-state index contributed by atoms with van der Waals surface area (Å²) in [4.78, 5) is 0. The fraction of sp³-hybridized carbons (Fsp3) is 0.417.